The average Bonchev–Trinajstić information content (AvgIpc) is 2.28. The molecule has 0 heterocycles. The molecule has 1 rings (SSSR count). The van der Waals surface area contributed by atoms with E-state index in [1.165, 1.54) is 17.8 Å². The first-order valence-corrected chi connectivity index (χ1v) is 7.26. The topological polar surface area (TPSA) is 18.5 Å². The van der Waals surface area contributed by atoms with Crippen molar-refractivity contribution in [2.45, 2.75) is 25.0 Å². The zero-order chi connectivity index (χ0) is 12.7. The maximum Gasteiger partial charge on any atom is 0.166 e. The Morgan fingerprint density at radius 3 is 2.47 bits per heavy atom. The summed E-state index contributed by atoms with van der Waals surface area (Å²) < 4.78 is 25.1. The second-order valence-electron chi connectivity index (χ2n) is 3.23. The van der Waals surface area contributed by atoms with Crippen LogP contribution in [-0.4, -0.2) is 25.3 Å². The first kappa shape index (κ1) is 15.0. The standard InChI is InChI=1S/C12H16BrFO2S/c1-3-15-12(16-4-2)8-17-11-6-5-9(13)7-10(11)14/h5-7,12H,3-4,8H2,1-2H3. The van der Waals surface area contributed by atoms with Gasteiger partial charge in [-0.15, -0.1) is 11.8 Å². The Kier molecular flexibility index (Phi) is 7.11. The van der Waals surface area contributed by atoms with E-state index in [1.807, 2.05) is 19.9 Å². The molecule has 5 heteroatoms. The van der Waals surface area contributed by atoms with Crippen molar-refractivity contribution in [3.8, 4) is 0 Å². The number of hydrogen-bond acceptors (Lipinski definition) is 3. The maximum atomic E-state index is 13.5. The van der Waals surface area contributed by atoms with Crippen LogP contribution >= 0.6 is 27.7 Å². The van der Waals surface area contributed by atoms with E-state index in [1.54, 1.807) is 6.07 Å². The van der Waals surface area contributed by atoms with Crippen LogP contribution in [0.25, 0.3) is 0 Å². The maximum absolute atomic E-state index is 13.5. The molecule has 0 atom stereocenters. The van der Waals surface area contributed by atoms with Crippen LogP contribution in [0, 0.1) is 5.82 Å². The number of halogens is 2. The number of ether oxygens (including phenoxy) is 2. The Morgan fingerprint density at radius 1 is 1.29 bits per heavy atom. The number of thioether (sulfide) groups is 1. The van der Waals surface area contributed by atoms with Crippen LogP contribution in [0.3, 0.4) is 0 Å². The monoisotopic (exact) mass is 322 g/mol. The van der Waals surface area contributed by atoms with Crippen LogP contribution in [0.1, 0.15) is 13.8 Å². The Hall–Kier alpha value is -0.100. The highest BCUT2D eigenvalue weighted by molar-refractivity contribution is 9.10. The van der Waals surface area contributed by atoms with Crippen molar-refractivity contribution in [2.75, 3.05) is 19.0 Å². The van der Waals surface area contributed by atoms with Gasteiger partial charge in [-0.1, -0.05) is 15.9 Å². The molecular weight excluding hydrogens is 307 g/mol. The van der Waals surface area contributed by atoms with Crippen LogP contribution in [-0.2, 0) is 9.47 Å². The van der Waals surface area contributed by atoms with Crippen LogP contribution in [0.15, 0.2) is 27.6 Å². The quantitative estimate of drug-likeness (QED) is 0.556. The molecule has 0 aliphatic carbocycles. The van der Waals surface area contributed by atoms with Crippen molar-refractivity contribution in [1.82, 2.24) is 0 Å². The molecule has 2 nitrogen and oxygen atoms in total. The SMILES string of the molecule is CCOC(CSc1ccc(Br)cc1F)OCC. The molecule has 1 aromatic carbocycles. The molecule has 0 unspecified atom stereocenters. The van der Waals surface area contributed by atoms with Gasteiger partial charge in [-0.25, -0.2) is 4.39 Å². The van der Waals surface area contributed by atoms with E-state index >= 15 is 0 Å². The van der Waals surface area contributed by atoms with Gasteiger partial charge in [-0.05, 0) is 32.0 Å². The average molecular weight is 323 g/mol. The van der Waals surface area contributed by atoms with Crippen molar-refractivity contribution in [1.29, 1.82) is 0 Å². The summed E-state index contributed by atoms with van der Waals surface area (Å²) in [5.41, 5.74) is 0. The van der Waals surface area contributed by atoms with Gasteiger partial charge in [0.1, 0.15) is 5.82 Å². The lowest BCUT2D eigenvalue weighted by Crippen LogP contribution is -2.20. The molecule has 0 radical (unpaired) electrons. The van der Waals surface area contributed by atoms with E-state index in [9.17, 15) is 4.39 Å². The van der Waals surface area contributed by atoms with Gasteiger partial charge in [0, 0.05) is 28.3 Å². The summed E-state index contributed by atoms with van der Waals surface area (Å²) in [6.45, 7) is 5.01. The molecular formula is C12H16BrFO2S. The molecule has 0 spiro atoms. The van der Waals surface area contributed by atoms with E-state index in [0.29, 0.717) is 23.9 Å². The predicted molar refractivity (Wildman–Crippen MR) is 71.9 cm³/mol. The van der Waals surface area contributed by atoms with Crippen molar-refractivity contribution >= 4 is 27.7 Å². The van der Waals surface area contributed by atoms with Gasteiger partial charge in [0.2, 0.25) is 0 Å². The third-order valence-electron chi connectivity index (χ3n) is 1.97. The fourth-order valence-electron chi connectivity index (χ4n) is 1.27. The van der Waals surface area contributed by atoms with E-state index in [-0.39, 0.29) is 12.1 Å². The molecule has 1 aromatic rings. The first-order chi connectivity index (χ1) is 8.17. The van der Waals surface area contributed by atoms with Gasteiger partial charge in [0.15, 0.2) is 6.29 Å². The van der Waals surface area contributed by atoms with Gasteiger partial charge >= 0.3 is 0 Å². The summed E-state index contributed by atoms with van der Waals surface area (Å²) in [5, 5.41) is 0. The summed E-state index contributed by atoms with van der Waals surface area (Å²) >= 11 is 4.63. The highest BCUT2D eigenvalue weighted by Crippen LogP contribution is 2.25. The van der Waals surface area contributed by atoms with E-state index < -0.39 is 0 Å². The van der Waals surface area contributed by atoms with Gasteiger partial charge in [-0.3, -0.25) is 0 Å². The number of hydrogen-bond donors (Lipinski definition) is 0. The lowest BCUT2D eigenvalue weighted by atomic mass is 10.3. The lowest BCUT2D eigenvalue weighted by Gasteiger charge is -2.16. The van der Waals surface area contributed by atoms with Crippen LogP contribution in [0.5, 0.6) is 0 Å². The molecule has 0 saturated heterocycles. The minimum Gasteiger partial charge on any atom is -0.352 e. The normalized spacial score (nSPS) is 11.1. The van der Waals surface area contributed by atoms with Crippen molar-refractivity contribution in [2.24, 2.45) is 0 Å². The van der Waals surface area contributed by atoms with Crippen molar-refractivity contribution in [3.63, 3.8) is 0 Å². The van der Waals surface area contributed by atoms with Crippen molar-refractivity contribution in [3.05, 3.63) is 28.5 Å². The molecule has 0 saturated carbocycles. The van der Waals surface area contributed by atoms with Crippen LogP contribution < -0.4 is 0 Å². The fourth-order valence-corrected chi connectivity index (χ4v) is 2.47. The highest BCUT2D eigenvalue weighted by atomic mass is 79.9. The Labute approximate surface area is 114 Å². The third kappa shape index (κ3) is 5.38. The fraction of sp³-hybridized carbons (Fsp3) is 0.500. The summed E-state index contributed by atoms with van der Waals surface area (Å²) in [5.74, 6) is 0.358. The minimum atomic E-state index is -0.280. The minimum absolute atomic E-state index is 0.226. The first-order valence-electron chi connectivity index (χ1n) is 5.48. The summed E-state index contributed by atoms with van der Waals surface area (Å²) in [4.78, 5) is 0.609. The second-order valence-corrected chi connectivity index (χ2v) is 5.20. The molecule has 0 aliphatic heterocycles. The van der Waals surface area contributed by atoms with E-state index in [4.69, 9.17) is 9.47 Å². The number of benzene rings is 1. The summed E-state index contributed by atoms with van der Waals surface area (Å²) in [7, 11) is 0. The zero-order valence-corrected chi connectivity index (χ0v) is 12.3. The summed E-state index contributed by atoms with van der Waals surface area (Å²) in [6, 6.07) is 5.03. The lowest BCUT2D eigenvalue weighted by molar-refractivity contribution is -0.120. The molecule has 0 N–H and O–H groups in total. The van der Waals surface area contributed by atoms with E-state index in [0.717, 1.165) is 4.47 Å². The van der Waals surface area contributed by atoms with Crippen molar-refractivity contribution < 1.29 is 13.9 Å². The van der Waals surface area contributed by atoms with Gasteiger partial charge in [0.05, 0.1) is 0 Å². The molecule has 0 fully saturated rings. The molecule has 0 amide bonds. The Balaban J connectivity index is 2.52. The second kappa shape index (κ2) is 8.08. The molecule has 0 aliphatic rings. The highest BCUT2D eigenvalue weighted by Gasteiger charge is 2.10. The zero-order valence-electron chi connectivity index (χ0n) is 9.91. The number of rotatable bonds is 7. The summed E-state index contributed by atoms with van der Waals surface area (Å²) in [6.07, 6.45) is -0.280. The third-order valence-corrected chi connectivity index (χ3v) is 3.55. The molecule has 17 heavy (non-hydrogen) atoms. The van der Waals surface area contributed by atoms with Gasteiger partial charge in [-0.2, -0.15) is 0 Å². The van der Waals surface area contributed by atoms with Gasteiger partial charge < -0.3 is 9.47 Å². The largest absolute Gasteiger partial charge is 0.352 e. The molecule has 0 bridgehead atoms. The smallest absolute Gasteiger partial charge is 0.166 e. The van der Waals surface area contributed by atoms with Crippen LogP contribution in [0.2, 0.25) is 0 Å². The van der Waals surface area contributed by atoms with E-state index in [2.05, 4.69) is 15.9 Å². The Morgan fingerprint density at radius 2 is 1.94 bits per heavy atom. The Bertz CT molecular complexity index is 343. The predicted octanol–water partition coefficient (Wildman–Crippen LogP) is 4.08. The van der Waals surface area contributed by atoms with Crippen LogP contribution in [0.4, 0.5) is 4.39 Å². The van der Waals surface area contributed by atoms with Gasteiger partial charge in [0.25, 0.3) is 0 Å². The molecule has 0 aromatic heterocycles. The molecule has 96 valence electrons.